The number of nitrogens with zero attached hydrogens (tertiary/aromatic N) is 1. The van der Waals surface area contributed by atoms with Crippen LogP contribution in [0.5, 0.6) is 0 Å². The average molecular weight is 303 g/mol. The van der Waals surface area contributed by atoms with Crippen LogP contribution in [0.2, 0.25) is 0 Å². The van der Waals surface area contributed by atoms with Crippen molar-refractivity contribution in [3.8, 4) is 11.1 Å². The predicted molar refractivity (Wildman–Crippen MR) is 75.5 cm³/mol. The summed E-state index contributed by atoms with van der Waals surface area (Å²) in [5, 5.41) is 10.8. The first-order chi connectivity index (χ1) is 10.3. The maximum absolute atomic E-state index is 14.1. The third kappa shape index (κ3) is 2.62. The zero-order valence-corrected chi connectivity index (χ0v) is 11.1. The number of non-ortho nitro benzene ring substituents is 1. The van der Waals surface area contributed by atoms with Crippen molar-refractivity contribution >= 4 is 17.5 Å². The summed E-state index contributed by atoms with van der Waals surface area (Å²) in [4.78, 5) is 33.1. The molecule has 0 aliphatic heterocycles. The number of nitro benzene ring substituents is 1. The van der Waals surface area contributed by atoms with E-state index in [0.717, 1.165) is 18.2 Å². The van der Waals surface area contributed by atoms with Crippen molar-refractivity contribution in [3.05, 3.63) is 63.5 Å². The lowest BCUT2D eigenvalue weighted by atomic mass is 9.93. The smallest absolute Gasteiger partial charge is 0.270 e. The van der Waals surface area contributed by atoms with Crippen LogP contribution in [0.15, 0.2) is 36.4 Å². The van der Waals surface area contributed by atoms with Crippen LogP contribution in [0.25, 0.3) is 11.1 Å². The molecular weight excluding hydrogens is 293 g/mol. The molecule has 0 heterocycles. The van der Waals surface area contributed by atoms with Gasteiger partial charge >= 0.3 is 0 Å². The maximum atomic E-state index is 14.1. The molecule has 0 bridgehead atoms. The predicted octanol–water partition coefficient (Wildman–Crippen LogP) is 1.60. The van der Waals surface area contributed by atoms with E-state index in [4.69, 9.17) is 11.5 Å². The number of carbonyl (C=O) groups excluding carboxylic acids is 2. The number of rotatable bonds is 4. The number of nitro groups is 1. The summed E-state index contributed by atoms with van der Waals surface area (Å²) in [5.41, 5.74) is 9.28. The van der Waals surface area contributed by atoms with Crippen molar-refractivity contribution in [3.63, 3.8) is 0 Å². The molecule has 7 nitrogen and oxygen atoms in total. The number of primary amides is 2. The van der Waals surface area contributed by atoms with Gasteiger partial charge in [0.15, 0.2) is 0 Å². The Bertz CT molecular complexity index is 772. The molecular formula is C14H10FN3O4. The van der Waals surface area contributed by atoms with Gasteiger partial charge in [-0.2, -0.15) is 0 Å². The van der Waals surface area contributed by atoms with Gasteiger partial charge in [-0.15, -0.1) is 0 Å². The van der Waals surface area contributed by atoms with Crippen LogP contribution in [-0.2, 0) is 0 Å². The molecule has 22 heavy (non-hydrogen) atoms. The molecule has 0 aromatic heterocycles. The molecule has 0 aliphatic rings. The molecule has 4 N–H and O–H groups in total. The molecule has 0 atom stereocenters. The van der Waals surface area contributed by atoms with Crippen molar-refractivity contribution < 1.29 is 18.9 Å². The minimum Gasteiger partial charge on any atom is -0.366 e. The molecule has 2 rings (SSSR count). The van der Waals surface area contributed by atoms with Gasteiger partial charge < -0.3 is 11.5 Å². The van der Waals surface area contributed by atoms with Crippen molar-refractivity contribution in [1.82, 2.24) is 0 Å². The molecule has 0 radical (unpaired) electrons. The number of hydrogen-bond acceptors (Lipinski definition) is 4. The lowest BCUT2D eigenvalue weighted by molar-refractivity contribution is -0.384. The highest BCUT2D eigenvalue weighted by Crippen LogP contribution is 2.32. The van der Waals surface area contributed by atoms with E-state index in [1.807, 2.05) is 0 Å². The third-order valence-corrected chi connectivity index (χ3v) is 3.03. The molecule has 2 amide bonds. The van der Waals surface area contributed by atoms with E-state index in [1.165, 1.54) is 18.2 Å². The zero-order valence-electron chi connectivity index (χ0n) is 11.1. The van der Waals surface area contributed by atoms with E-state index < -0.39 is 28.2 Å². The highest BCUT2D eigenvalue weighted by atomic mass is 19.1. The topological polar surface area (TPSA) is 129 Å². The minimum absolute atomic E-state index is 0.157. The standard InChI is InChI=1S/C14H10FN3O4/c15-11-5-4-7(18(21)22)6-10(11)12-8(13(16)19)2-1-3-9(12)14(17)20/h1-6H,(H2,16,19)(H2,17,20). The SMILES string of the molecule is NC(=O)c1cccc(C(N)=O)c1-c1cc([N+](=O)[O-])ccc1F. The van der Waals surface area contributed by atoms with Gasteiger partial charge in [0.05, 0.1) is 4.92 Å². The Balaban J connectivity index is 2.86. The van der Waals surface area contributed by atoms with E-state index in [2.05, 4.69) is 0 Å². The van der Waals surface area contributed by atoms with Gasteiger partial charge in [-0.05, 0) is 18.2 Å². The second-order valence-corrected chi connectivity index (χ2v) is 4.38. The third-order valence-electron chi connectivity index (χ3n) is 3.03. The van der Waals surface area contributed by atoms with Gasteiger partial charge in [-0.1, -0.05) is 6.07 Å². The van der Waals surface area contributed by atoms with Crippen LogP contribution in [0.3, 0.4) is 0 Å². The van der Waals surface area contributed by atoms with E-state index in [0.29, 0.717) is 0 Å². The quantitative estimate of drug-likeness (QED) is 0.656. The number of benzene rings is 2. The van der Waals surface area contributed by atoms with Crippen molar-refractivity contribution in [2.75, 3.05) is 0 Å². The molecule has 0 spiro atoms. The van der Waals surface area contributed by atoms with Crippen molar-refractivity contribution in [1.29, 1.82) is 0 Å². The summed E-state index contributed by atoms with van der Waals surface area (Å²) >= 11 is 0. The van der Waals surface area contributed by atoms with Crippen molar-refractivity contribution in [2.45, 2.75) is 0 Å². The lowest BCUT2D eigenvalue weighted by Crippen LogP contribution is -2.18. The van der Waals surface area contributed by atoms with Crippen LogP contribution < -0.4 is 11.5 Å². The molecule has 0 aliphatic carbocycles. The molecule has 8 heteroatoms. The van der Waals surface area contributed by atoms with Crippen LogP contribution in [0.4, 0.5) is 10.1 Å². The van der Waals surface area contributed by atoms with Gasteiger partial charge in [0.1, 0.15) is 5.82 Å². The van der Waals surface area contributed by atoms with Crippen LogP contribution in [0, 0.1) is 15.9 Å². The summed E-state index contributed by atoms with van der Waals surface area (Å²) in [7, 11) is 0. The van der Waals surface area contributed by atoms with E-state index >= 15 is 0 Å². The number of hydrogen-bond donors (Lipinski definition) is 2. The number of carbonyl (C=O) groups is 2. The van der Waals surface area contributed by atoms with Gasteiger partial charge in [0, 0.05) is 34.4 Å². The largest absolute Gasteiger partial charge is 0.366 e. The molecule has 0 saturated heterocycles. The molecule has 0 fully saturated rings. The number of halogens is 1. The summed E-state index contributed by atoms with van der Waals surface area (Å²) in [6.07, 6.45) is 0. The molecule has 2 aromatic carbocycles. The Morgan fingerprint density at radius 1 is 1.05 bits per heavy atom. The number of nitrogens with two attached hydrogens (primary N) is 2. The first-order valence-electron chi connectivity index (χ1n) is 6.00. The monoisotopic (exact) mass is 303 g/mol. The molecule has 0 unspecified atom stereocenters. The highest BCUT2D eigenvalue weighted by Gasteiger charge is 2.22. The van der Waals surface area contributed by atoms with Crippen LogP contribution in [-0.4, -0.2) is 16.7 Å². The fourth-order valence-electron chi connectivity index (χ4n) is 2.07. The first-order valence-corrected chi connectivity index (χ1v) is 6.00. The van der Waals surface area contributed by atoms with E-state index in [-0.39, 0.29) is 22.3 Å². The summed E-state index contributed by atoms with van der Waals surface area (Å²) < 4.78 is 14.1. The lowest BCUT2D eigenvalue weighted by Gasteiger charge is -2.12. The van der Waals surface area contributed by atoms with Gasteiger partial charge in [0.25, 0.3) is 5.69 Å². The molecule has 0 saturated carbocycles. The van der Waals surface area contributed by atoms with E-state index in [1.54, 1.807) is 0 Å². The second-order valence-electron chi connectivity index (χ2n) is 4.38. The van der Waals surface area contributed by atoms with E-state index in [9.17, 15) is 24.1 Å². The fourth-order valence-corrected chi connectivity index (χ4v) is 2.07. The minimum atomic E-state index is -0.913. The Labute approximate surface area is 123 Å². The Morgan fingerprint density at radius 3 is 2.05 bits per heavy atom. The van der Waals surface area contributed by atoms with Gasteiger partial charge in [-0.25, -0.2) is 4.39 Å². The summed E-state index contributed by atoms with van der Waals surface area (Å²) in [6, 6.07) is 6.68. The molecule has 2 aromatic rings. The molecule has 112 valence electrons. The maximum Gasteiger partial charge on any atom is 0.270 e. The summed E-state index contributed by atoms with van der Waals surface area (Å²) in [5.74, 6) is -2.67. The van der Waals surface area contributed by atoms with Crippen LogP contribution >= 0.6 is 0 Å². The first kappa shape index (κ1) is 15.1. The average Bonchev–Trinajstić information content (AvgIpc) is 2.46. The Hall–Kier alpha value is -3.29. The Kier molecular flexibility index (Phi) is 3.85. The van der Waals surface area contributed by atoms with Gasteiger partial charge in [0.2, 0.25) is 11.8 Å². The summed E-state index contributed by atoms with van der Waals surface area (Å²) in [6.45, 7) is 0. The second kappa shape index (κ2) is 5.60. The van der Waals surface area contributed by atoms with Crippen molar-refractivity contribution in [2.24, 2.45) is 11.5 Å². The highest BCUT2D eigenvalue weighted by molar-refractivity contribution is 6.08. The normalized spacial score (nSPS) is 10.2. The zero-order chi connectivity index (χ0) is 16.4. The van der Waals surface area contributed by atoms with Gasteiger partial charge in [-0.3, -0.25) is 19.7 Å². The fraction of sp³-hybridized carbons (Fsp3) is 0. The van der Waals surface area contributed by atoms with Crippen LogP contribution in [0.1, 0.15) is 20.7 Å². The number of amides is 2. The Morgan fingerprint density at radius 2 is 1.59 bits per heavy atom.